The number of hydrogen-bond acceptors (Lipinski definition) is 3. The first-order chi connectivity index (χ1) is 4.20. The molecule has 4 N–H and O–H groups in total. The zero-order valence-corrected chi connectivity index (χ0v) is 5.73. The van der Waals surface area contributed by atoms with Gasteiger partial charge in [0.2, 0.25) is 0 Å². The monoisotopic (exact) mass is 140 g/mol. The van der Waals surface area contributed by atoms with Crippen LogP contribution in [0.1, 0.15) is 0 Å². The van der Waals surface area contributed by atoms with Crippen molar-refractivity contribution in [1.29, 1.82) is 0 Å². The lowest BCUT2D eigenvalue weighted by molar-refractivity contribution is 1.47. The second-order valence-corrected chi connectivity index (χ2v) is 2.30. The highest BCUT2D eigenvalue weighted by Gasteiger charge is 1.91. The number of benzene rings is 1. The van der Waals surface area contributed by atoms with E-state index in [-0.39, 0.29) is 0 Å². The van der Waals surface area contributed by atoms with E-state index < -0.39 is 0 Å². The van der Waals surface area contributed by atoms with Gasteiger partial charge in [-0.3, -0.25) is 0 Å². The van der Waals surface area contributed by atoms with Gasteiger partial charge in [0.25, 0.3) is 0 Å². The Kier molecular flexibility index (Phi) is 1.53. The summed E-state index contributed by atoms with van der Waals surface area (Å²) in [5.74, 6) is 0. The Labute approximate surface area is 59.3 Å². The second-order valence-electron chi connectivity index (χ2n) is 1.82. The Morgan fingerprint density at radius 2 is 1.89 bits per heavy atom. The van der Waals surface area contributed by atoms with Gasteiger partial charge in [0.15, 0.2) is 0 Å². The molecule has 2 nitrogen and oxygen atoms in total. The van der Waals surface area contributed by atoms with Crippen LogP contribution < -0.4 is 11.5 Å². The number of thiol groups is 1. The van der Waals surface area contributed by atoms with Crippen LogP contribution in [0.5, 0.6) is 0 Å². The van der Waals surface area contributed by atoms with E-state index in [0.717, 1.165) is 4.90 Å². The van der Waals surface area contributed by atoms with Crippen LogP contribution in [0.2, 0.25) is 0 Å². The minimum atomic E-state index is 0.660. The smallest absolute Gasteiger partial charge is 0.0451 e. The summed E-state index contributed by atoms with van der Waals surface area (Å²) >= 11 is 4.06. The van der Waals surface area contributed by atoms with Gasteiger partial charge in [-0.1, -0.05) is 0 Å². The topological polar surface area (TPSA) is 52.0 Å². The molecule has 0 saturated carbocycles. The van der Waals surface area contributed by atoms with Gasteiger partial charge >= 0.3 is 0 Å². The van der Waals surface area contributed by atoms with Gasteiger partial charge < -0.3 is 11.5 Å². The molecule has 0 unspecified atom stereocenters. The van der Waals surface area contributed by atoms with Gasteiger partial charge in [0.05, 0.1) is 0 Å². The summed E-state index contributed by atoms with van der Waals surface area (Å²) in [6, 6.07) is 5.20. The molecule has 48 valence electrons. The van der Waals surface area contributed by atoms with Crippen molar-refractivity contribution in [2.45, 2.75) is 4.90 Å². The SMILES string of the molecule is Nc1ccc(N)c(S)c1. The first-order valence-electron chi connectivity index (χ1n) is 2.54. The maximum absolute atomic E-state index is 5.46. The van der Waals surface area contributed by atoms with Crippen LogP contribution >= 0.6 is 12.6 Å². The van der Waals surface area contributed by atoms with Crippen LogP contribution in [0.15, 0.2) is 23.1 Å². The second kappa shape index (κ2) is 2.19. The van der Waals surface area contributed by atoms with Crippen LogP contribution in [-0.4, -0.2) is 0 Å². The van der Waals surface area contributed by atoms with Crippen LogP contribution in [0.4, 0.5) is 11.4 Å². The number of nitrogens with two attached hydrogens (primary N) is 2. The molecule has 0 aliphatic rings. The number of nitrogen functional groups attached to an aromatic ring is 2. The number of rotatable bonds is 0. The molecular formula is C6H8N2S. The Morgan fingerprint density at radius 3 is 2.33 bits per heavy atom. The third-order valence-electron chi connectivity index (χ3n) is 1.05. The van der Waals surface area contributed by atoms with Crippen molar-refractivity contribution in [1.82, 2.24) is 0 Å². The molecule has 9 heavy (non-hydrogen) atoms. The fourth-order valence-electron chi connectivity index (χ4n) is 0.561. The molecule has 0 aromatic heterocycles. The number of hydrogen-bond donors (Lipinski definition) is 3. The average Bonchev–Trinajstić information content (AvgIpc) is 1.80. The average molecular weight is 140 g/mol. The first-order valence-corrected chi connectivity index (χ1v) is 2.99. The molecule has 0 amide bonds. The van der Waals surface area contributed by atoms with Crippen molar-refractivity contribution in [3.8, 4) is 0 Å². The van der Waals surface area contributed by atoms with Crippen LogP contribution in [-0.2, 0) is 0 Å². The lowest BCUT2D eigenvalue weighted by Gasteiger charge is -1.97. The van der Waals surface area contributed by atoms with Gasteiger partial charge in [-0.05, 0) is 18.2 Å². The highest BCUT2D eigenvalue weighted by molar-refractivity contribution is 7.80. The van der Waals surface area contributed by atoms with Gasteiger partial charge in [-0.25, -0.2) is 0 Å². The van der Waals surface area contributed by atoms with Gasteiger partial charge in [-0.15, -0.1) is 12.6 Å². The van der Waals surface area contributed by atoms with Crippen molar-refractivity contribution in [3.63, 3.8) is 0 Å². The molecule has 1 aromatic carbocycles. The van der Waals surface area contributed by atoms with E-state index in [9.17, 15) is 0 Å². The predicted molar refractivity (Wildman–Crippen MR) is 42.5 cm³/mol. The summed E-state index contributed by atoms with van der Waals surface area (Å²) in [6.07, 6.45) is 0. The summed E-state index contributed by atoms with van der Waals surface area (Å²) in [7, 11) is 0. The van der Waals surface area contributed by atoms with Crippen molar-refractivity contribution < 1.29 is 0 Å². The molecule has 1 aromatic rings. The van der Waals surface area contributed by atoms with E-state index in [1.54, 1.807) is 18.2 Å². The zero-order valence-electron chi connectivity index (χ0n) is 4.83. The van der Waals surface area contributed by atoms with E-state index in [1.165, 1.54) is 0 Å². The highest BCUT2D eigenvalue weighted by atomic mass is 32.1. The summed E-state index contributed by atoms with van der Waals surface area (Å²) in [6.45, 7) is 0. The predicted octanol–water partition coefficient (Wildman–Crippen LogP) is 1.14. The molecule has 0 heterocycles. The molecule has 0 aliphatic carbocycles. The van der Waals surface area contributed by atoms with Gasteiger partial charge in [-0.2, -0.15) is 0 Å². The number of anilines is 2. The Balaban J connectivity index is 3.17. The molecule has 0 radical (unpaired) electrons. The summed E-state index contributed by atoms with van der Waals surface area (Å²) in [5, 5.41) is 0. The van der Waals surface area contributed by atoms with Crippen molar-refractivity contribution in [2.75, 3.05) is 11.5 Å². The quantitative estimate of drug-likeness (QED) is 0.374. The van der Waals surface area contributed by atoms with E-state index in [0.29, 0.717) is 11.4 Å². The third-order valence-corrected chi connectivity index (χ3v) is 1.44. The molecule has 0 aliphatic heterocycles. The van der Waals surface area contributed by atoms with Gasteiger partial charge in [0.1, 0.15) is 0 Å². The lowest BCUT2D eigenvalue weighted by Crippen LogP contribution is -1.89. The van der Waals surface area contributed by atoms with E-state index in [1.807, 2.05) is 0 Å². The fourth-order valence-corrected chi connectivity index (χ4v) is 0.784. The third kappa shape index (κ3) is 1.29. The zero-order chi connectivity index (χ0) is 6.85. The summed E-state index contributed by atoms with van der Waals surface area (Å²) in [5.41, 5.74) is 12.2. The fraction of sp³-hybridized carbons (Fsp3) is 0. The van der Waals surface area contributed by atoms with Crippen LogP contribution in [0.25, 0.3) is 0 Å². The normalized spacial score (nSPS) is 9.44. The Morgan fingerprint density at radius 1 is 1.22 bits per heavy atom. The van der Waals surface area contributed by atoms with Crippen LogP contribution in [0.3, 0.4) is 0 Å². The molecular weight excluding hydrogens is 132 g/mol. The molecule has 3 heteroatoms. The summed E-state index contributed by atoms with van der Waals surface area (Å²) < 4.78 is 0. The molecule has 0 spiro atoms. The molecule has 0 atom stereocenters. The van der Waals surface area contributed by atoms with Crippen molar-refractivity contribution in [2.24, 2.45) is 0 Å². The maximum atomic E-state index is 5.46. The molecule has 0 bridgehead atoms. The maximum Gasteiger partial charge on any atom is 0.0451 e. The van der Waals surface area contributed by atoms with Gasteiger partial charge in [0, 0.05) is 16.3 Å². The van der Waals surface area contributed by atoms with Crippen molar-refractivity contribution in [3.05, 3.63) is 18.2 Å². The Hall–Kier alpha value is -0.830. The largest absolute Gasteiger partial charge is 0.399 e. The van der Waals surface area contributed by atoms with E-state index in [2.05, 4.69) is 12.6 Å². The minimum absolute atomic E-state index is 0.660. The lowest BCUT2D eigenvalue weighted by atomic mass is 10.3. The molecule has 0 fully saturated rings. The van der Waals surface area contributed by atoms with Crippen molar-refractivity contribution >= 4 is 24.0 Å². The van der Waals surface area contributed by atoms with E-state index in [4.69, 9.17) is 11.5 Å². The molecule has 0 saturated heterocycles. The van der Waals surface area contributed by atoms with Crippen LogP contribution in [0, 0.1) is 0 Å². The van der Waals surface area contributed by atoms with E-state index >= 15 is 0 Å². The molecule has 1 rings (SSSR count). The first kappa shape index (κ1) is 6.29. The standard InChI is InChI=1S/C6H8N2S/c7-4-1-2-5(8)6(9)3-4/h1-3,9H,7-8H2. The minimum Gasteiger partial charge on any atom is -0.399 e. The summed E-state index contributed by atoms with van der Waals surface area (Å²) in [4.78, 5) is 0.731. The highest BCUT2D eigenvalue weighted by Crippen LogP contribution is 2.18. The Bertz CT molecular complexity index is 222.